The van der Waals surface area contributed by atoms with Crippen LogP contribution in [0.25, 0.3) is 0 Å². The molecule has 0 atom stereocenters. The van der Waals surface area contributed by atoms with E-state index in [2.05, 4.69) is 26.1 Å². The molecule has 1 saturated heterocycles. The van der Waals surface area contributed by atoms with E-state index in [-0.39, 0.29) is 11.4 Å². The van der Waals surface area contributed by atoms with Gasteiger partial charge >= 0.3 is 0 Å². The van der Waals surface area contributed by atoms with Crippen LogP contribution in [0.15, 0.2) is 22.7 Å². The topological polar surface area (TPSA) is 15.3 Å². The average molecular weight is 327 g/mol. The molecular formula is C15H20BrFN2. The first-order valence-electron chi connectivity index (χ1n) is 7.14. The Morgan fingerprint density at radius 2 is 2.00 bits per heavy atom. The molecule has 1 N–H and O–H groups in total. The number of hydrogen-bond donors (Lipinski definition) is 1. The number of hydrogen-bond acceptors (Lipinski definition) is 2. The standard InChI is InChI=1S/C15H20BrFN2/c16-13-10-12(17)4-5-14(13)19-9-8-18-15(11-19)6-2-1-3-7-15/h4-5,10,18H,1-3,6-9,11H2. The first kappa shape index (κ1) is 13.4. The highest BCUT2D eigenvalue weighted by Crippen LogP contribution is 2.34. The molecule has 1 aromatic rings. The molecule has 2 fully saturated rings. The number of nitrogens with one attached hydrogen (secondary N) is 1. The van der Waals surface area contributed by atoms with Gasteiger partial charge < -0.3 is 10.2 Å². The maximum Gasteiger partial charge on any atom is 0.124 e. The highest BCUT2D eigenvalue weighted by Gasteiger charge is 2.36. The molecule has 2 aliphatic rings. The summed E-state index contributed by atoms with van der Waals surface area (Å²) >= 11 is 3.49. The Labute approximate surface area is 122 Å². The largest absolute Gasteiger partial charge is 0.367 e. The molecule has 1 aliphatic heterocycles. The summed E-state index contributed by atoms with van der Waals surface area (Å²) in [6.45, 7) is 3.05. The van der Waals surface area contributed by atoms with E-state index in [0.717, 1.165) is 29.8 Å². The summed E-state index contributed by atoms with van der Waals surface area (Å²) in [5, 5.41) is 3.73. The number of piperazine rings is 1. The third-order valence-electron chi connectivity index (χ3n) is 4.44. The van der Waals surface area contributed by atoms with Gasteiger partial charge in [0.05, 0.1) is 5.69 Å². The Balaban J connectivity index is 1.81. The van der Waals surface area contributed by atoms with E-state index < -0.39 is 0 Å². The Kier molecular flexibility index (Phi) is 3.81. The summed E-state index contributed by atoms with van der Waals surface area (Å²) in [6.07, 6.45) is 6.55. The molecule has 0 amide bonds. The zero-order valence-electron chi connectivity index (χ0n) is 11.1. The highest BCUT2D eigenvalue weighted by atomic mass is 79.9. The van der Waals surface area contributed by atoms with Crippen molar-refractivity contribution < 1.29 is 4.39 Å². The third-order valence-corrected chi connectivity index (χ3v) is 5.07. The molecule has 0 unspecified atom stereocenters. The smallest absolute Gasteiger partial charge is 0.124 e. The van der Waals surface area contributed by atoms with Crippen LogP contribution in [-0.2, 0) is 0 Å². The molecule has 3 rings (SSSR count). The van der Waals surface area contributed by atoms with Gasteiger partial charge in [-0.1, -0.05) is 19.3 Å². The quantitative estimate of drug-likeness (QED) is 0.846. The van der Waals surface area contributed by atoms with Crippen LogP contribution >= 0.6 is 15.9 Å². The summed E-state index contributed by atoms with van der Waals surface area (Å²) < 4.78 is 14.1. The van der Waals surface area contributed by atoms with Crippen molar-refractivity contribution in [1.29, 1.82) is 0 Å². The van der Waals surface area contributed by atoms with Gasteiger partial charge in [0, 0.05) is 29.6 Å². The van der Waals surface area contributed by atoms with Gasteiger partial charge in [-0.15, -0.1) is 0 Å². The number of rotatable bonds is 1. The Bertz CT molecular complexity index is 452. The van der Waals surface area contributed by atoms with Crippen LogP contribution in [-0.4, -0.2) is 25.2 Å². The maximum atomic E-state index is 13.2. The molecular weight excluding hydrogens is 307 g/mol. The number of nitrogens with zero attached hydrogens (tertiary/aromatic N) is 1. The second-order valence-electron chi connectivity index (χ2n) is 5.79. The number of halogens is 2. The van der Waals surface area contributed by atoms with Crippen molar-refractivity contribution in [3.8, 4) is 0 Å². The van der Waals surface area contributed by atoms with E-state index in [0.29, 0.717) is 0 Å². The predicted octanol–water partition coefficient (Wildman–Crippen LogP) is 3.70. The molecule has 19 heavy (non-hydrogen) atoms. The van der Waals surface area contributed by atoms with Crippen molar-refractivity contribution in [3.05, 3.63) is 28.5 Å². The van der Waals surface area contributed by atoms with Crippen LogP contribution in [0.4, 0.5) is 10.1 Å². The van der Waals surface area contributed by atoms with Crippen molar-refractivity contribution in [2.75, 3.05) is 24.5 Å². The zero-order valence-corrected chi connectivity index (χ0v) is 12.7. The minimum Gasteiger partial charge on any atom is -0.367 e. The lowest BCUT2D eigenvalue weighted by Crippen LogP contribution is -2.61. The van der Waals surface area contributed by atoms with Crippen LogP contribution < -0.4 is 10.2 Å². The van der Waals surface area contributed by atoms with Crippen LogP contribution in [0.2, 0.25) is 0 Å². The Hall–Kier alpha value is -0.610. The molecule has 104 valence electrons. The van der Waals surface area contributed by atoms with Gasteiger partial charge in [0.1, 0.15) is 5.82 Å². The fraction of sp³-hybridized carbons (Fsp3) is 0.600. The fourth-order valence-electron chi connectivity index (χ4n) is 3.46. The van der Waals surface area contributed by atoms with Crippen molar-refractivity contribution in [2.45, 2.75) is 37.6 Å². The van der Waals surface area contributed by atoms with E-state index >= 15 is 0 Å². The minimum absolute atomic E-state index is 0.182. The average Bonchev–Trinajstić information content (AvgIpc) is 2.39. The van der Waals surface area contributed by atoms with Crippen LogP contribution in [0.5, 0.6) is 0 Å². The summed E-state index contributed by atoms with van der Waals surface area (Å²) in [7, 11) is 0. The number of anilines is 1. The normalized spacial score (nSPS) is 22.7. The first-order chi connectivity index (χ1) is 9.19. The van der Waals surface area contributed by atoms with Gasteiger partial charge in [0.2, 0.25) is 0 Å². The SMILES string of the molecule is Fc1ccc(N2CCNC3(CCCCC3)C2)c(Br)c1. The molecule has 0 aromatic heterocycles. The number of benzene rings is 1. The molecule has 1 aliphatic carbocycles. The lowest BCUT2D eigenvalue weighted by molar-refractivity contribution is 0.216. The molecule has 0 bridgehead atoms. The van der Waals surface area contributed by atoms with Gasteiger partial charge in [-0.05, 0) is 47.0 Å². The van der Waals surface area contributed by atoms with Crippen molar-refractivity contribution in [2.24, 2.45) is 0 Å². The lowest BCUT2D eigenvalue weighted by atomic mass is 9.80. The molecule has 1 spiro atoms. The van der Waals surface area contributed by atoms with Gasteiger partial charge in [-0.25, -0.2) is 4.39 Å². The van der Waals surface area contributed by atoms with Crippen molar-refractivity contribution in [3.63, 3.8) is 0 Å². The molecule has 1 heterocycles. The predicted molar refractivity (Wildman–Crippen MR) is 80.1 cm³/mol. The summed E-state index contributed by atoms with van der Waals surface area (Å²) in [5.74, 6) is -0.182. The van der Waals surface area contributed by atoms with Crippen molar-refractivity contribution >= 4 is 21.6 Å². The van der Waals surface area contributed by atoms with E-state index in [9.17, 15) is 4.39 Å². The van der Waals surface area contributed by atoms with Crippen LogP contribution in [0.3, 0.4) is 0 Å². The molecule has 1 saturated carbocycles. The lowest BCUT2D eigenvalue weighted by Gasteiger charge is -2.47. The summed E-state index contributed by atoms with van der Waals surface area (Å²) in [6, 6.07) is 5.00. The molecule has 1 aromatic carbocycles. The highest BCUT2D eigenvalue weighted by molar-refractivity contribution is 9.10. The Morgan fingerprint density at radius 1 is 1.21 bits per heavy atom. The van der Waals surface area contributed by atoms with Crippen LogP contribution in [0.1, 0.15) is 32.1 Å². The van der Waals surface area contributed by atoms with Gasteiger partial charge in [-0.2, -0.15) is 0 Å². The van der Waals surface area contributed by atoms with E-state index in [4.69, 9.17) is 0 Å². The Morgan fingerprint density at radius 3 is 2.74 bits per heavy atom. The maximum absolute atomic E-state index is 13.2. The summed E-state index contributed by atoms with van der Waals surface area (Å²) in [5.41, 5.74) is 1.40. The van der Waals surface area contributed by atoms with Gasteiger partial charge in [0.25, 0.3) is 0 Å². The van der Waals surface area contributed by atoms with Crippen molar-refractivity contribution in [1.82, 2.24) is 5.32 Å². The molecule has 2 nitrogen and oxygen atoms in total. The van der Waals surface area contributed by atoms with E-state index in [1.54, 1.807) is 12.1 Å². The second-order valence-corrected chi connectivity index (χ2v) is 6.64. The van der Waals surface area contributed by atoms with Gasteiger partial charge in [0.15, 0.2) is 0 Å². The third kappa shape index (κ3) is 2.79. The first-order valence-corrected chi connectivity index (χ1v) is 7.93. The van der Waals surface area contributed by atoms with E-state index in [1.807, 2.05) is 6.07 Å². The second kappa shape index (κ2) is 5.41. The van der Waals surface area contributed by atoms with Gasteiger partial charge in [-0.3, -0.25) is 0 Å². The monoisotopic (exact) mass is 326 g/mol. The zero-order chi connectivity index (χ0) is 13.3. The fourth-order valence-corrected chi connectivity index (χ4v) is 4.06. The molecule has 4 heteroatoms. The molecule has 0 radical (unpaired) electrons. The summed E-state index contributed by atoms with van der Waals surface area (Å²) in [4.78, 5) is 2.39. The van der Waals surface area contributed by atoms with Crippen LogP contribution in [0, 0.1) is 5.82 Å². The van der Waals surface area contributed by atoms with E-state index in [1.165, 1.54) is 32.1 Å². The minimum atomic E-state index is -0.182.